The predicted octanol–water partition coefficient (Wildman–Crippen LogP) is 3.21. The van der Waals surface area contributed by atoms with Gasteiger partial charge in [0.25, 0.3) is 0 Å². The minimum absolute atomic E-state index is 0.142. The van der Waals surface area contributed by atoms with E-state index in [9.17, 15) is 30.7 Å². The molecule has 108 valence electrons. The van der Waals surface area contributed by atoms with Crippen molar-refractivity contribution in [3.63, 3.8) is 0 Å². The zero-order valence-corrected chi connectivity index (χ0v) is 8.85. The van der Waals surface area contributed by atoms with Crippen LogP contribution in [0.25, 0.3) is 0 Å². The second-order valence-corrected chi connectivity index (χ2v) is 3.23. The van der Waals surface area contributed by atoms with Gasteiger partial charge in [-0.25, -0.2) is 13.5 Å². The summed E-state index contributed by atoms with van der Waals surface area (Å²) in [7, 11) is 0. The van der Waals surface area contributed by atoms with Crippen LogP contribution >= 0.6 is 0 Å². The first-order valence-electron chi connectivity index (χ1n) is 4.52. The van der Waals surface area contributed by atoms with Crippen LogP contribution in [0.1, 0.15) is 0 Å². The highest BCUT2D eigenvalue weighted by atomic mass is 19.4. The summed E-state index contributed by atoms with van der Waals surface area (Å²) in [4.78, 5) is 0. The third-order valence-corrected chi connectivity index (χ3v) is 1.70. The van der Waals surface area contributed by atoms with E-state index in [4.69, 9.17) is 5.73 Å². The summed E-state index contributed by atoms with van der Waals surface area (Å²) >= 11 is 0. The van der Waals surface area contributed by atoms with E-state index in [1.165, 1.54) is 0 Å². The van der Waals surface area contributed by atoms with Gasteiger partial charge in [0.2, 0.25) is 0 Å². The van der Waals surface area contributed by atoms with Crippen LogP contribution in [0.4, 0.5) is 36.4 Å². The SMILES string of the molecule is Nc1ccc(OC(F)(F)C(F)OC(F)(F)F)c(F)c1. The van der Waals surface area contributed by atoms with Crippen molar-refractivity contribution in [3.05, 3.63) is 24.0 Å². The smallest absolute Gasteiger partial charge is 0.425 e. The van der Waals surface area contributed by atoms with Crippen molar-refractivity contribution in [1.29, 1.82) is 0 Å². The van der Waals surface area contributed by atoms with Crippen molar-refractivity contribution >= 4 is 5.69 Å². The summed E-state index contributed by atoms with van der Waals surface area (Å²) in [5, 5.41) is 0. The Morgan fingerprint density at radius 1 is 1.11 bits per heavy atom. The van der Waals surface area contributed by atoms with Crippen molar-refractivity contribution in [3.8, 4) is 5.75 Å². The molecule has 1 atom stereocenters. The summed E-state index contributed by atoms with van der Waals surface area (Å²) < 4.78 is 92.1. The van der Waals surface area contributed by atoms with E-state index in [-0.39, 0.29) is 5.69 Å². The molecule has 0 bridgehead atoms. The van der Waals surface area contributed by atoms with Crippen molar-refractivity contribution in [2.75, 3.05) is 5.73 Å². The van der Waals surface area contributed by atoms with E-state index < -0.39 is 30.4 Å². The number of benzene rings is 1. The molecular weight excluding hydrogens is 287 g/mol. The molecule has 0 spiro atoms. The first-order valence-corrected chi connectivity index (χ1v) is 4.52. The average Bonchev–Trinajstić information content (AvgIpc) is 2.19. The van der Waals surface area contributed by atoms with Crippen molar-refractivity contribution < 1.29 is 40.2 Å². The highest BCUT2D eigenvalue weighted by molar-refractivity contribution is 5.42. The van der Waals surface area contributed by atoms with Crippen LogP contribution in [-0.2, 0) is 4.74 Å². The minimum Gasteiger partial charge on any atom is -0.425 e. The maximum absolute atomic E-state index is 13.1. The largest absolute Gasteiger partial charge is 0.525 e. The lowest BCUT2D eigenvalue weighted by Crippen LogP contribution is -2.41. The lowest BCUT2D eigenvalue weighted by Gasteiger charge is -2.22. The van der Waals surface area contributed by atoms with E-state index in [1.807, 2.05) is 0 Å². The molecule has 0 radical (unpaired) electrons. The summed E-state index contributed by atoms with van der Waals surface area (Å²) in [5.74, 6) is -2.56. The summed E-state index contributed by atoms with van der Waals surface area (Å²) in [6, 6.07) is 2.12. The van der Waals surface area contributed by atoms with Crippen molar-refractivity contribution in [1.82, 2.24) is 0 Å². The normalized spacial score (nSPS) is 14.3. The molecule has 1 aromatic rings. The molecule has 3 nitrogen and oxygen atoms in total. The van der Waals surface area contributed by atoms with Gasteiger partial charge >= 0.3 is 18.8 Å². The molecule has 1 rings (SSSR count). The van der Waals surface area contributed by atoms with Crippen LogP contribution in [0.15, 0.2) is 18.2 Å². The zero-order valence-electron chi connectivity index (χ0n) is 8.85. The third-order valence-electron chi connectivity index (χ3n) is 1.70. The summed E-state index contributed by atoms with van der Waals surface area (Å²) in [6.45, 7) is 0. The Bertz CT molecular complexity index is 449. The molecule has 0 heterocycles. The molecule has 0 aliphatic rings. The Hall–Kier alpha value is -1.71. The molecule has 19 heavy (non-hydrogen) atoms. The molecule has 10 heteroatoms. The quantitative estimate of drug-likeness (QED) is 0.685. The van der Waals surface area contributed by atoms with E-state index >= 15 is 0 Å². The van der Waals surface area contributed by atoms with Gasteiger partial charge in [-0.05, 0) is 12.1 Å². The van der Waals surface area contributed by atoms with E-state index in [2.05, 4.69) is 9.47 Å². The van der Waals surface area contributed by atoms with Gasteiger partial charge in [-0.3, -0.25) is 0 Å². The minimum atomic E-state index is -5.63. The van der Waals surface area contributed by atoms with Gasteiger partial charge in [0.05, 0.1) is 0 Å². The molecule has 1 unspecified atom stereocenters. The van der Waals surface area contributed by atoms with Gasteiger partial charge in [-0.2, -0.15) is 8.78 Å². The van der Waals surface area contributed by atoms with Gasteiger partial charge in [0, 0.05) is 11.8 Å². The molecule has 0 aromatic heterocycles. The number of hydrogen-bond acceptors (Lipinski definition) is 3. The second kappa shape index (κ2) is 5.11. The number of anilines is 1. The Morgan fingerprint density at radius 3 is 2.16 bits per heavy atom. The number of alkyl halides is 6. The number of nitrogens with two attached hydrogens (primary N) is 1. The second-order valence-electron chi connectivity index (χ2n) is 3.23. The maximum atomic E-state index is 13.1. The van der Waals surface area contributed by atoms with E-state index in [0.717, 1.165) is 6.07 Å². The van der Waals surface area contributed by atoms with E-state index in [1.54, 1.807) is 0 Å². The Morgan fingerprint density at radius 2 is 1.68 bits per heavy atom. The van der Waals surface area contributed by atoms with Crippen LogP contribution in [0.5, 0.6) is 5.75 Å². The Kier molecular flexibility index (Phi) is 4.13. The number of nitrogen functional groups attached to an aromatic ring is 1. The van der Waals surface area contributed by atoms with Gasteiger partial charge in [-0.15, -0.1) is 13.2 Å². The van der Waals surface area contributed by atoms with Gasteiger partial charge in [-0.1, -0.05) is 0 Å². The summed E-state index contributed by atoms with van der Waals surface area (Å²) in [5.41, 5.74) is 4.96. The molecule has 0 aliphatic heterocycles. The molecule has 0 aliphatic carbocycles. The topological polar surface area (TPSA) is 44.5 Å². The fourth-order valence-electron chi connectivity index (χ4n) is 0.979. The van der Waals surface area contributed by atoms with Gasteiger partial charge in [0.1, 0.15) is 0 Å². The van der Waals surface area contributed by atoms with E-state index in [0.29, 0.717) is 12.1 Å². The van der Waals surface area contributed by atoms with Crippen molar-refractivity contribution in [2.45, 2.75) is 18.8 Å². The lowest BCUT2D eigenvalue weighted by atomic mass is 10.3. The molecule has 0 saturated heterocycles. The van der Waals surface area contributed by atoms with Gasteiger partial charge in [0.15, 0.2) is 11.6 Å². The molecule has 0 fully saturated rings. The summed E-state index contributed by atoms with van der Waals surface area (Å²) in [6.07, 6.45) is -14.8. The van der Waals surface area contributed by atoms with Crippen LogP contribution < -0.4 is 10.5 Å². The molecule has 0 saturated carbocycles. The van der Waals surface area contributed by atoms with Gasteiger partial charge < -0.3 is 10.5 Å². The highest BCUT2D eigenvalue weighted by Gasteiger charge is 2.50. The Balaban J connectivity index is 2.83. The fraction of sp³-hybridized carbons (Fsp3) is 0.333. The van der Waals surface area contributed by atoms with Crippen molar-refractivity contribution in [2.24, 2.45) is 0 Å². The molecule has 0 amide bonds. The fourth-order valence-corrected chi connectivity index (χ4v) is 0.979. The molecule has 1 aromatic carbocycles. The first kappa shape index (κ1) is 15.3. The third kappa shape index (κ3) is 4.47. The maximum Gasteiger partial charge on any atom is 0.525 e. The monoisotopic (exact) mass is 293 g/mol. The molecular formula is C9H6F7NO2. The van der Waals surface area contributed by atoms with Crippen LogP contribution in [0.3, 0.4) is 0 Å². The van der Waals surface area contributed by atoms with Crippen LogP contribution in [-0.4, -0.2) is 18.8 Å². The standard InChI is InChI=1S/C9H6F7NO2/c10-5-3-4(17)1-2-6(5)18-8(12,13)7(11)19-9(14,15)16/h1-3,7H,17H2. The van der Waals surface area contributed by atoms with Crippen LogP contribution in [0, 0.1) is 5.82 Å². The number of ether oxygens (including phenoxy) is 2. The first-order chi connectivity index (χ1) is 8.51. The highest BCUT2D eigenvalue weighted by Crippen LogP contribution is 2.33. The zero-order chi connectivity index (χ0) is 14.8. The molecule has 2 N–H and O–H groups in total. The predicted molar refractivity (Wildman–Crippen MR) is 48.4 cm³/mol. The van der Waals surface area contributed by atoms with Crippen LogP contribution in [0.2, 0.25) is 0 Å². The Labute approximate surface area is 101 Å². The number of hydrogen-bond donors (Lipinski definition) is 1. The number of rotatable bonds is 4. The average molecular weight is 293 g/mol. The number of halogens is 7. The lowest BCUT2D eigenvalue weighted by molar-refractivity contribution is -0.411.